The Kier molecular flexibility index (Phi) is 4.15. The molecule has 136 valence electrons. The molecule has 1 aliphatic heterocycles. The van der Waals surface area contributed by atoms with E-state index in [0.717, 1.165) is 18.5 Å². The fraction of sp³-hybridized carbons (Fsp3) is 0.211. The molecule has 1 aliphatic rings. The van der Waals surface area contributed by atoms with Crippen LogP contribution < -0.4 is 9.80 Å². The van der Waals surface area contributed by atoms with E-state index in [4.69, 9.17) is 4.98 Å². The molecular weight excluding hydrogens is 346 g/mol. The first-order chi connectivity index (χ1) is 13.0. The minimum atomic E-state index is -0.506. The Morgan fingerprint density at radius 3 is 2.44 bits per heavy atom. The molecular formula is C19H17N5O3. The molecule has 0 saturated heterocycles. The monoisotopic (exact) mass is 363 g/mol. The number of carbonyl (C=O) groups excluding carboxylic acids is 1. The van der Waals surface area contributed by atoms with E-state index >= 15 is 0 Å². The number of aromatic nitrogens is 2. The van der Waals surface area contributed by atoms with Gasteiger partial charge in [-0.05, 0) is 24.6 Å². The fourth-order valence-corrected chi connectivity index (χ4v) is 3.20. The van der Waals surface area contributed by atoms with Crippen LogP contribution in [0.3, 0.4) is 0 Å². The lowest BCUT2D eigenvalue weighted by atomic mass is 10.1. The first kappa shape index (κ1) is 16.9. The van der Waals surface area contributed by atoms with E-state index in [9.17, 15) is 14.9 Å². The molecule has 0 radical (unpaired) electrons. The van der Waals surface area contributed by atoms with Crippen molar-refractivity contribution in [3.63, 3.8) is 0 Å². The number of hydrogen-bond donors (Lipinski definition) is 0. The van der Waals surface area contributed by atoms with Crippen molar-refractivity contribution in [2.45, 2.75) is 6.42 Å². The summed E-state index contributed by atoms with van der Waals surface area (Å²) in [5.41, 5.74) is 1.60. The molecule has 1 aromatic heterocycles. The van der Waals surface area contributed by atoms with Crippen LogP contribution in [0.5, 0.6) is 0 Å². The molecule has 3 aromatic rings. The van der Waals surface area contributed by atoms with Gasteiger partial charge in [-0.1, -0.05) is 18.2 Å². The average molecular weight is 363 g/mol. The Morgan fingerprint density at radius 2 is 1.74 bits per heavy atom. The summed E-state index contributed by atoms with van der Waals surface area (Å²) in [5.74, 6) is 0.787. The van der Waals surface area contributed by atoms with Crippen LogP contribution in [0.1, 0.15) is 16.8 Å². The van der Waals surface area contributed by atoms with Crippen LogP contribution in [0.15, 0.2) is 48.5 Å². The van der Waals surface area contributed by atoms with Crippen molar-refractivity contribution in [2.24, 2.45) is 0 Å². The summed E-state index contributed by atoms with van der Waals surface area (Å²) in [6.07, 6.45) is 0.742. The Morgan fingerprint density at radius 1 is 1.04 bits per heavy atom. The van der Waals surface area contributed by atoms with Gasteiger partial charge >= 0.3 is 0 Å². The summed E-state index contributed by atoms with van der Waals surface area (Å²) in [6.45, 7) is 1.20. The van der Waals surface area contributed by atoms with Gasteiger partial charge in [-0.25, -0.2) is 9.97 Å². The summed E-state index contributed by atoms with van der Waals surface area (Å²) < 4.78 is 0. The normalized spacial score (nSPS) is 14.0. The molecule has 27 heavy (non-hydrogen) atoms. The summed E-state index contributed by atoms with van der Waals surface area (Å²) in [7, 11) is 1.92. The van der Waals surface area contributed by atoms with Crippen LogP contribution in [-0.4, -0.2) is 40.9 Å². The number of amides is 1. The summed E-state index contributed by atoms with van der Waals surface area (Å²) >= 11 is 0. The first-order valence-electron chi connectivity index (χ1n) is 8.59. The van der Waals surface area contributed by atoms with E-state index < -0.39 is 4.92 Å². The van der Waals surface area contributed by atoms with Crippen molar-refractivity contribution in [2.75, 3.05) is 29.9 Å². The molecule has 0 atom stereocenters. The van der Waals surface area contributed by atoms with Crippen molar-refractivity contribution in [1.29, 1.82) is 0 Å². The molecule has 0 N–H and O–H groups in total. The lowest BCUT2D eigenvalue weighted by Gasteiger charge is -2.22. The van der Waals surface area contributed by atoms with Gasteiger partial charge in [0.1, 0.15) is 0 Å². The maximum absolute atomic E-state index is 13.1. The number of carbonyl (C=O) groups is 1. The van der Waals surface area contributed by atoms with Gasteiger partial charge in [0, 0.05) is 37.8 Å². The van der Waals surface area contributed by atoms with Crippen LogP contribution in [-0.2, 0) is 0 Å². The molecule has 8 heteroatoms. The van der Waals surface area contributed by atoms with E-state index in [1.54, 1.807) is 11.0 Å². The van der Waals surface area contributed by atoms with Crippen molar-refractivity contribution in [3.05, 3.63) is 64.2 Å². The van der Waals surface area contributed by atoms with Gasteiger partial charge in [-0.3, -0.25) is 19.8 Å². The van der Waals surface area contributed by atoms with Gasteiger partial charge in [-0.2, -0.15) is 0 Å². The van der Waals surface area contributed by atoms with Crippen LogP contribution in [0, 0.1) is 10.1 Å². The number of benzene rings is 2. The van der Waals surface area contributed by atoms with Crippen LogP contribution in [0.4, 0.5) is 17.3 Å². The van der Waals surface area contributed by atoms with Gasteiger partial charge < -0.3 is 4.90 Å². The third kappa shape index (κ3) is 3.05. The van der Waals surface area contributed by atoms with Gasteiger partial charge in [0.2, 0.25) is 0 Å². The Balaban J connectivity index is 1.83. The average Bonchev–Trinajstić information content (AvgIpc) is 2.84. The number of nitro benzene ring substituents is 1. The van der Waals surface area contributed by atoms with E-state index in [-0.39, 0.29) is 17.2 Å². The Labute approximate surface area is 155 Å². The van der Waals surface area contributed by atoms with E-state index in [0.29, 0.717) is 23.7 Å². The largest absolute Gasteiger partial charge is 0.357 e. The van der Waals surface area contributed by atoms with E-state index in [1.807, 2.05) is 36.2 Å². The maximum atomic E-state index is 13.1. The molecule has 4 rings (SSSR count). The lowest BCUT2D eigenvalue weighted by Crippen LogP contribution is -2.32. The zero-order valence-electron chi connectivity index (χ0n) is 14.7. The first-order valence-corrected chi connectivity index (χ1v) is 8.59. The molecule has 8 nitrogen and oxygen atoms in total. The van der Waals surface area contributed by atoms with Crippen LogP contribution >= 0.6 is 0 Å². The Bertz CT molecular complexity index is 1050. The Hall–Kier alpha value is -3.55. The highest BCUT2D eigenvalue weighted by molar-refractivity contribution is 6.07. The molecule has 2 aromatic carbocycles. The molecule has 0 spiro atoms. The van der Waals surface area contributed by atoms with Crippen molar-refractivity contribution < 1.29 is 9.72 Å². The third-order valence-corrected chi connectivity index (χ3v) is 4.58. The van der Waals surface area contributed by atoms with Crippen molar-refractivity contribution >= 4 is 34.3 Å². The zero-order valence-corrected chi connectivity index (χ0v) is 14.7. The zero-order chi connectivity index (χ0) is 19.0. The number of nitrogens with zero attached hydrogens (tertiary/aromatic N) is 5. The van der Waals surface area contributed by atoms with Crippen molar-refractivity contribution in [3.8, 4) is 0 Å². The third-order valence-electron chi connectivity index (χ3n) is 4.58. The molecule has 0 fully saturated rings. The molecule has 2 heterocycles. The van der Waals surface area contributed by atoms with E-state index in [2.05, 4.69) is 4.98 Å². The number of rotatable bonds is 2. The highest BCUT2D eigenvalue weighted by atomic mass is 16.6. The number of hydrogen-bond acceptors (Lipinski definition) is 6. The predicted octanol–water partition coefficient (Wildman–Crippen LogP) is 3.02. The topological polar surface area (TPSA) is 92.5 Å². The minimum Gasteiger partial charge on any atom is -0.357 e. The number of fused-ring (bicyclic) bond motifs is 2. The standard InChI is InChI=1S/C19H17N5O3/c1-22-10-5-11-23(19(25)13-6-4-7-14(12-13)24(26)27)18-17(22)20-15-8-2-3-9-16(15)21-18/h2-4,6-9,12H,5,10-11H2,1H3. The maximum Gasteiger partial charge on any atom is 0.270 e. The molecule has 0 aliphatic carbocycles. The van der Waals surface area contributed by atoms with Gasteiger partial charge in [0.15, 0.2) is 11.6 Å². The number of anilines is 2. The second-order valence-electron chi connectivity index (χ2n) is 6.40. The smallest absolute Gasteiger partial charge is 0.270 e. The summed E-state index contributed by atoms with van der Waals surface area (Å²) in [5, 5.41) is 11.0. The van der Waals surface area contributed by atoms with Crippen molar-refractivity contribution in [1.82, 2.24) is 9.97 Å². The molecule has 1 amide bonds. The highest BCUT2D eigenvalue weighted by Gasteiger charge is 2.28. The predicted molar refractivity (Wildman–Crippen MR) is 102 cm³/mol. The fourth-order valence-electron chi connectivity index (χ4n) is 3.20. The molecule has 0 saturated carbocycles. The summed E-state index contributed by atoms with van der Waals surface area (Å²) in [4.78, 5) is 36.6. The van der Waals surface area contributed by atoms with Gasteiger partial charge in [0.05, 0.1) is 16.0 Å². The van der Waals surface area contributed by atoms with Crippen LogP contribution in [0.25, 0.3) is 11.0 Å². The number of non-ortho nitro benzene ring substituents is 1. The van der Waals surface area contributed by atoms with Gasteiger partial charge in [0.25, 0.3) is 11.6 Å². The molecule has 0 unspecified atom stereocenters. The second kappa shape index (κ2) is 6.64. The number of para-hydroxylation sites is 2. The summed E-state index contributed by atoms with van der Waals surface area (Å²) in [6, 6.07) is 13.3. The van der Waals surface area contributed by atoms with E-state index in [1.165, 1.54) is 18.2 Å². The highest BCUT2D eigenvalue weighted by Crippen LogP contribution is 2.31. The lowest BCUT2D eigenvalue weighted by molar-refractivity contribution is -0.384. The minimum absolute atomic E-state index is 0.113. The van der Waals surface area contributed by atoms with Gasteiger partial charge in [-0.15, -0.1) is 0 Å². The second-order valence-corrected chi connectivity index (χ2v) is 6.40. The molecule has 0 bridgehead atoms. The quantitative estimate of drug-likeness (QED) is 0.513. The van der Waals surface area contributed by atoms with Crippen LogP contribution in [0.2, 0.25) is 0 Å². The number of nitro groups is 1. The SMILES string of the molecule is CN1CCCN(C(=O)c2cccc([N+](=O)[O-])c2)c2nc3ccccc3nc21.